The van der Waals surface area contributed by atoms with Crippen LogP contribution in [-0.4, -0.2) is 15.8 Å². The first-order chi connectivity index (χ1) is 7.18. The first-order valence-corrected chi connectivity index (χ1v) is 4.94. The molecule has 0 fully saturated rings. The topological polar surface area (TPSA) is 42.9 Å². The highest BCUT2D eigenvalue weighted by Crippen LogP contribution is 2.11. The molecule has 0 spiro atoms. The zero-order valence-corrected chi connectivity index (χ0v) is 8.77. The summed E-state index contributed by atoms with van der Waals surface area (Å²) in [6, 6.07) is 7.64. The summed E-state index contributed by atoms with van der Waals surface area (Å²) in [6.45, 7) is 3.70. The van der Waals surface area contributed by atoms with Gasteiger partial charge in [-0.1, -0.05) is 32.0 Å². The third-order valence-electron chi connectivity index (χ3n) is 2.23. The highest BCUT2D eigenvalue weighted by Gasteiger charge is 2.13. The van der Waals surface area contributed by atoms with Gasteiger partial charge in [-0.05, 0) is 6.07 Å². The van der Waals surface area contributed by atoms with Crippen molar-refractivity contribution in [2.45, 2.75) is 13.8 Å². The standard InChI is InChI=1S/C12H12N2O/c1-8(2)11(15)12-13-7-9-5-3-4-6-10(9)14-12/h3-8H,1-2H3. The van der Waals surface area contributed by atoms with Crippen LogP contribution in [0.2, 0.25) is 0 Å². The molecule has 3 heteroatoms. The number of ketones is 1. The normalized spacial score (nSPS) is 10.9. The van der Waals surface area contributed by atoms with Gasteiger partial charge in [0.1, 0.15) is 0 Å². The van der Waals surface area contributed by atoms with E-state index in [-0.39, 0.29) is 11.7 Å². The number of carbonyl (C=O) groups is 1. The maximum Gasteiger partial charge on any atom is 0.202 e. The van der Waals surface area contributed by atoms with Crippen LogP contribution in [0.15, 0.2) is 30.5 Å². The number of benzene rings is 1. The fraction of sp³-hybridized carbons (Fsp3) is 0.250. The van der Waals surface area contributed by atoms with Gasteiger partial charge in [-0.25, -0.2) is 9.97 Å². The van der Waals surface area contributed by atoms with Crippen LogP contribution in [0.1, 0.15) is 24.5 Å². The van der Waals surface area contributed by atoms with Crippen LogP contribution in [0.4, 0.5) is 0 Å². The molecule has 0 aliphatic carbocycles. The monoisotopic (exact) mass is 200 g/mol. The Kier molecular flexibility index (Phi) is 2.46. The van der Waals surface area contributed by atoms with Gasteiger partial charge in [-0.3, -0.25) is 4.79 Å². The number of nitrogens with zero attached hydrogens (tertiary/aromatic N) is 2. The van der Waals surface area contributed by atoms with Gasteiger partial charge in [0.25, 0.3) is 0 Å². The second-order valence-corrected chi connectivity index (χ2v) is 3.77. The molecule has 1 aromatic carbocycles. The number of carbonyl (C=O) groups excluding carboxylic acids is 1. The van der Waals surface area contributed by atoms with E-state index in [9.17, 15) is 4.79 Å². The molecule has 0 saturated heterocycles. The van der Waals surface area contributed by atoms with Gasteiger partial charge in [-0.2, -0.15) is 0 Å². The van der Waals surface area contributed by atoms with Gasteiger partial charge >= 0.3 is 0 Å². The average Bonchev–Trinajstić information content (AvgIpc) is 2.27. The molecule has 0 bridgehead atoms. The number of rotatable bonds is 2. The predicted octanol–water partition coefficient (Wildman–Crippen LogP) is 2.47. The number of hydrogen-bond donors (Lipinski definition) is 0. The molecule has 0 atom stereocenters. The predicted molar refractivity (Wildman–Crippen MR) is 58.7 cm³/mol. The number of Topliss-reactive ketones (excluding diaryl/α,β-unsaturated/α-hetero) is 1. The van der Waals surface area contributed by atoms with Crippen LogP contribution in [0, 0.1) is 5.92 Å². The van der Waals surface area contributed by atoms with Gasteiger partial charge in [0.2, 0.25) is 5.78 Å². The quantitative estimate of drug-likeness (QED) is 0.699. The Bertz CT molecular complexity index is 506. The van der Waals surface area contributed by atoms with Crippen LogP contribution in [0.5, 0.6) is 0 Å². The molecule has 0 aliphatic rings. The van der Waals surface area contributed by atoms with Crippen molar-refractivity contribution in [3.05, 3.63) is 36.3 Å². The Hall–Kier alpha value is -1.77. The summed E-state index contributed by atoms with van der Waals surface area (Å²) in [5.74, 6) is 0.232. The SMILES string of the molecule is CC(C)C(=O)c1ncc2ccccc2n1. The average molecular weight is 200 g/mol. The molecule has 15 heavy (non-hydrogen) atoms. The molecule has 0 N–H and O–H groups in total. The molecule has 0 unspecified atom stereocenters. The largest absolute Gasteiger partial charge is 0.290 e. The fourth-order valence-electron chi connectivity index (χ4n) is 1.35. The molecule has 2 rings (SSSR count). The smallest absolute Gasteiger partial charge is 0.202 e. The van der Waals surface area contributed by atoms with E-state index in [2.05, 4.69) is 9.97 Å². The second kappa shape index (κ2) is 3.77. The fourth-order valence-corrected chi connectivity index (χ4v) is 1.35. The van der Waals surface area contributed by atoms with E-state index in [1.54, 1.807) is 6.20 Å². The van der Waals surface area contributed by atoms with Crippen molar-refractivity contribution in [2.75, 3.05) is 0 Å². The Morgan fingerprint density at radius 2 is 2.00 bits per heavy atom. The molecule has 3 nitrogen and oxygen atoms in total. The summed E-state index contributed by atoms with van der Waals surface area (Å²) >= 11 is 0. The lowest BCUT2D eigenvalue weighted by Crippen LogP contribution is -2.11. The summed E-state index contributed by atoms with van der Waals surface area (Å²) < 4.78 is 0. The summed E-state index contributed by atoms with van der Waals surface area (Å²) in [4.78, 5) is 20.0. The van der Waals surface area contributed by atoms with E-state index in [0.29, 0.717) is 5.82 Å². The van der Waals surface area contributed by atoms with Crippen LogP contribution in [0.25, 0.3) is 10.9 Å². The zero-order chi connectivity index (χ0) is 10.8. The lowest BCUT2D eigenvalue weighted by atomic mass is 10.1. The third-order valence-corrected chi connectivity index (χ3v) is 2.23. The van der Waals surface area contributed by atoms with Crippen LogP contribution < -0.4 is 0 Å². The van der Waals surface area contributed by atoms with Gasteiger partial charge in [-0.15, -0.1) is 0 Å². The number of para-hydroxylation sites is 1. The van der Waals surface area contributed by atoms with E-state index in [4.69, 9.17) is 0 Å². The lowest BCUT2D eigenvalue weighted by Gasteiger charge is -2.03. The summed E-state index contributed by atoms with van der Waals surface area (Å²) in [7, 11) is 0. The van der Waals surface area contributed by atoms with Crippen molar-refractivity contribution >= 4 is 16.7 Å². The van der Waals surface area contributed by atoms with E-state index in [0.717, 1.165) is 10.9 Å². The highest BCUT2D eigenvalue weighted by atomic mass is 16.1. The Labute approximate surface area is 88.2 Å². The first-order valence-electron chi connectivity index (χ1n) is 4.94. The van der Waals surface area contributed by atoms with E-state index >= 15 is 0 Å². The number of aromatic nitrogens is 2. The van der Waals surface area contributed by atoms with Crippen molar-refractivity contribution < 1.29 is 4.79 Å². The van der Waals surface area contributed by atoms with Crippen molar-refractivity contribution in [2.24, 2.45) is 5.92 Å². The summed E-state index contributed by atoms with van der Waals surface area (Å²) in [5.41, 5.74) is 0.816. The van der Waals surface area contributed by atoms with E-state index in [1.807, 2.05) is 38.1 Å². The van der Waals surface area contributed by atoms with Crippen molar-refractivity contribution in [3.8, 4) is 0 Å². The van der Waals surface area contributed by atoms with E-state index < -0.39 is 0 Å². The minimum Gasteiger partial charge on any atom is -0.290 e. The van der Waals surface area contributed by atoms with Crippen LogP contribution in [-0.2, 0) is 0 Å². The molecule has 2 aromatic rings. The summed E-state index contributed by atoms with van der Waals surface area (Å²) in [5, 5.41) is 0.956. The molecule has 76 valence electrons. The van der Waals surface area contributed by atoms with Crippen molar-refractivity contribution in [3.63, 3.8) is 0 Å². The number of hydrogen-bond acceptors (Lipinski definition) is 3. The Morgan fingerprint density at radius 3 is 2.73 bits per heavy atom. The Balaban J connectivity index is 2.52. The van der Waals surface area contributed by atoms with Gasteiger partial charge < -0.3 is 0 Å². The minimum absolute atomic E-state index is 0.0132. The first kappa shape index (κ1) is 9.77. The third kappa shape index (κ3) is 1.86. The molecular formula is C12H12N2O. The van der Waals surface area contributed by atoms with Crippen molar-refractivity contribution in [1.29, 1.82) is 0 Å². The zero-order valence-electron chi connectivity index (χ0n) is 8.77. The molecule has 0 saturated carbocycles. The molecule has 0 aliphatic heterocycles. The second-order valence-electron chi connectivity index (χ2n) is 3.77. The summed E-state index contributed by atoms with van der Waals surface area (Å²) in [6.07, 6.45) is 1.69. The minimum atomic E-state index is -0.0637. The lowest BCUT2D eigenvalue weighted by molar-refractivity contribution is 0.0929. The van der Waals surface area contributed by atoms with E-state index in [1.165, 1.54) is 0 Å². The van der Waals surface area contributed by atoms with Crippen LogP contribution in [0.3, 0.4) is 0 Å². The van der Waals surface area contributed by atoms with Gasteiger partial charge in [0.15, 0.2) is 5.82 Å². The van der Waals surface area contributed by atoms with Gasteiger partial charge in [0, 0.05) is 17.5 Å². The number of fused-ring (bicyclic) bond motifs is 1. The molecule has 1 heterocycles. The van der Waals surface area contributed by atoms with Crippen LogP contribution >= 0.6 is 0 Å². The molecule has 1 aromatic heterocycles. The maximum absolute atomic E-state index is 11.7. The maximum atomic E-state index is 11.7. The van der Waals surface area contributed by atoms with Crippen molar-refractivity contribution in [1.82, 2.24) is 9.97 Å². The molecule has 0 amide bonds. The highest BCUT2D eigenvalue weighted by molar-refractivity contribution is 5.95. The Morgan fingerprint density at radius 1 is 1.27 bits per heavy atom. The molecular weight excluding hydrogens is 188 g/mol. The van der Waals surface area contributed by atoms with Gasteiger partial charge in [0.05, 0.1) is 5.52 Å². The molecule has 0 radical (unpaired) electrons.